The Kier molecular flexibility index (Phi) is 8.27. The molecule has 0 saturated heterocycles. The van der Waals surface area contributed by atoms with Gasteiger partial charge in [-0.1, -0.05) is 39.3 Å². The molecule has 0 aromatic carbocycles. The predicted molar refractivity (Wildman–Crippen MR) is 146 cm³/mol. The molecule has 0 radical (unpaired) electrons. The van der Waals surface area contributed by atoms with Gasteiger partial charge < -0.3 is 25.5 Å². The van der Waals surface area contributed by atoms with Gasteiger partial charge in [-0.05, 0) is 87.4 Å². The molecule has 226 valence electrons. The van der Waals surface area contributed by atoms with Crippen molar-refractivity contribution >= 4 is 10.4 Å². The van der Waals surface area contributed by atoms with E-state index in [1.165, 1.54) is 6.92 Å². The average Bonchev–Trinajstić information content (AvgIpc) is 3.09. The Morgan fingerprint density at radius 3 is 2.38 bits per heavy atom. The van der Waals surface area contributed by atoms with Crippen molar-refractivity contribution in [1.29, 1.82) is 0 Å². The molecule has 0 aliphatic heterocycles. The Morgan fingerprint density at radius 1 is 1.13 bits per heavy atom. The number of aliphatic hydroxyl groups excluding tert-OH is 3. The first-order valence-electron chi connectivity index (χ1n) is 14.6. The SMILES string of the molecule is C/C(=C\[C@@H](C)[C@H]1C[C@@H](O)C2C3C[C@@H](O)[C@@]4(O)C[C@@H](O)CC[C@]4(C)C3CC[C@@]21C)[C@H](C)[C@](C)(O)COS(=O)(=O)O. The zero-order valence-corrected chi connectivity index (χ0v) is 25.1. The first-order chi connectivity index (χ1) is 17.8. The zero-order chi connectivity index (χ0) is 29.3. The van der Waals surface area contributed by atoms with Crippen LogP contribution in [0.15, 0.2) is 11.6 Å². The molecular weight excluding hydrogens is 524 g/mol. The lowest BCUT2D eigenvalue weighted by Gasteiger charge is -2.65. The van der Waals surface area contributed by atoms with Crippen molar-refractivity contribution in [1.82, 2.24) is 0 Å². The molecule has 10 heteroatoms. The summed E-state index contributed by atoms with van der Waals surface area (Å²) in [6.07, 6.45) is 4.33. The Hall–Kier alpha value is -0.590. The summed E-state index contributed by atoms with van der Waals surface area (Å²) in [6, 6.07) is 0. The van der Waals surface area contributed by atoms with Crippen LogP contribution in [0, 0.1) is 46.3 Å². The van der Waals surface area contributed by atoms with E-state index in [2.05, 4.69) is 31.0 Å². The second kappa shape index (κ2) is 10.3. The van der Waals surface area contributed by atoms with Gasteiger partial charge in [-0.3, -0.25) is 4.55 Å². The maximum atomic E-state index is 11.7. The van der Waals surface area contributed by atoms with Crippen LogP contribution >= 0.6 is 0 Å². The smallest absolute Gasteiger partial charge is 0.393 e. The lowest BCUT2D eigenvalue weighted by molar-refractivity contribution is -0.268. The van der Waals surface area contributed by atoms with Gasteiger partial charge in [0.2, 0.25) is 0 Å². The third-order valence-electron chi connectivity index (χ3n) is 12.2. The van der Waals surface area contributed by atoms with Gasteiger partial charge in [0.15, 0.2) is 0 Å². The maximum Gasteiger partial charge on any atom is 0.397 e. The van der Waals surface area contributed by atoms with Gasteiger partial charge in [-0.25, -0.2) is 4.18 Å². The summed E-state index contributed by atoms with van der Waals surface area (Å²) in [5, 5.41) is 55.6. The van der Waals surface area contributed by atoms with Crippen LogP contribution in [0.3, 0.4) is 0 Å². The highest BCUT2D eigenvalue weighted by Gasteiger charge is 2.68. The third kappa shape index (κ3) is 5.26. The fraction of sp³-hybridized carbons (Fsp3) is 0.931. The molecule has 0 heterocycles. The highest BCUT2D eigenvalue weighted by atomic mass is 32.3. The van der Waals surface area contributed by atoms with Gasteiger partial charge in [0.1, 0.15) is 0 Å². The second-order valence-corrected chi connectivity index (χ2v) is 15.4. The molecule has 4 aliphatic carbocycles. The van der Waals surface area contributed by atoms with E-state index < -0.39 is 57.9 Å². The van der Waals surface area contributed by atoms with E-state index in [-0.39, 0.29) is 41.4 Å². The Morgan fingerprint density at radius 2 is 1.77 bits per heavy atom. The molecule has 9 nitrogen and oxygen atoms in total. The Bertz CT molecular complexity index is 1060. The summed E-state index contributed by atoms with van der Waals surface area (Å²) in [5.41, 5.74) is -2.65. The molecule has 4 fully saturated rings. The van der Waals surface area contributed by atoms with Crippen molar-refractivity contribution < 1.29 is 42.7 Å². The maximum absolute atomic E-state index is 11.7. The van der Waals surface area contributed by atoms with Crippen molar-refractivity contribution in [2.75, 3.05) is 6.61 Å². The van der Waals surface area contributed by atoms with Gasteiger partial charge in [-0.15, -0.1) is 0 Å². The minimum Gasteiger partial charge on any atom is -0.393 e. The number of fused-ring (bicyclic) bond motifs is 5. The van der Waals surface area contributed by atoms with Gasteiger partial charge in [0, 0.05) is 17.8 Å². The molecular formula is C29H50O9S. The molecule has 3 unspecified atom stereocenters. The topological polar surface area (TPSA) is 165 Å². The third-order valence-corrected chi connectivity index (χ3v) is 12.6. The summed E-state index contributed by atoms with van der Waals surface area (Å²) in [4.78, 5) is 0. The number of hydrogen-bond donors (Lipinski definition) is 6. The van der Waals surface area contributed by atoms with Crippen LogP contribution in [-0.4, -0.2) is 74.6 Å². The molecule has 6 N–H and O–H groups in total. The number of aliphatic hydroxyl groups is 5. The standard InChI is InChI=1S/C29H50O9S/c1-16(18(3)28(6,33)15-38-39(35,36)37)11-17(2)22-13-23(31)25-20-12-24(32)29(34)14-19(30)7-10-27(29,5)21(20)8-9-26(22,25)4/h11,17-25,30-34H,7-10,12-15H2,1-6H3,(H,35,36,37)/b16-11+/t17-,18+,19+,20?,21?,22-,23-,24-,25?,26-,27-,28-,29+/m1/s1. The average molecular weight is 575 g/mol. The number of hydrogen-bond acceptors (Lipinski definition) is 8. The predicted octanol–water partition coefficient (Wildman–Crippen LogP) is 2.85. The van der Waals surface area contributed by atoms with E-state index in [1.807, 2.05) is 6.92 Å². The fourth-order valence-corrected chi connectivity index (χ4v) is 10.1. The molecule has 0 amide bonds. The van der Waals surface area contributed by atoms with Crippen LogP contribution < -0.4 is 0 Å². The molecule has 4 rings (SSSR count). The number of allylic oxidation sites excluding steroid dienone is 1. The Labute approximate surface area is 233 Å². The van der Waals surface area contributed by atoms with E-state index in [1.54, 1.807) is 6.92 Å². The van der Waals surface area contributed by atoms with Gasteiger partial charge in [0.05, 0.1) is 36.1 Å². The molecule has 4 saturated carbocycles. The van der Waals surface area contributed by atoms with E-state index in [0.29, 0.717) is 25.7 Å². The van der Waals surface area contributed by atoms with Crippen LogP contribution in [0.25, 0.3) is 0 Å². The van der Waals surface area contributed by atoms with E-state index in [9.17, 15) is 34.0 Å². The largest absolute Gasteiger partial charge is 0.397 e. The monoisotopic (exact) mass is 574 g/mol. The van der Waals surface area contributed by atoms with E-state index >= 15 is 0 Å². The van der Waals surface area contributed by atoms with Gasteiger partial charge in [-0.2, -0.15) is 8.42 Å². The van der Waals surface area contributed by atoms with Crippen LogP contribution in [0.2, 0.25) is 0 Å². The van der Waals surface area contributed by atoms with E-state index in [4.69, 9.17) is 4.55 Å². The second-order valence-electron chi connectivity index (χ2n) is 14.3. The molecule has 0 aromatic heterocycles. The molecule has 39 heavy (non-hydrogen) atoms. The van der Waals surface area contributed by atoms with Crippen LogP contribution in [0.1, 0.15) is 86.5 Å². The lowest BCUT2D eigenvalue weighted by Crippen LogP contribution is -2.69. The van der Waals surface area contributed by atoms with Gasteiger partial charge in [0.25, 0.3) is 0 Å². The summed E-state index contributed by atoms with van der Waals surface area (Å²) in [7, 11) is -4.67. The molecule has 4 aliphatic rings. The van der Waals surface area contributed by atoms with Gasteiger partial charge >= 0.3 is 10.4 Å². The molecule has 0 bridgehead atoms. The molecule has 0 aromatic rings. The first kappa shape index (κ1) is 31.3. The van der Waals surface area contributed by atoms with Crippen LogP contribution in [0.4, 0.5) is 0 Å². The fourth-order valence-electron chi connectivity index (χ4n) is 9.67. The summed E-state index contributed by atoms with van der Waals surface area (Å²) in [5.74, 6) is 0.0182. The van der Waals surface area contributed by atoms with Crippen molar-refractivity contribution in [3.05, 3.63) is 11.6 Å². The zero-order valence-electron chi connectivity index (χ0n) is 24.2. The molecule has 0 spiro atoms. The van der Waals surface area contributed by atoms with Crippen molar-refractivity contribution in [3.63, 3.8) is 0 Å². The Balaban J connectivity index is 1.56. The van der Waals surface area contributed by atoms with Crippen molar-refractivity contribution in [2.45, 2.75) is 116 Å². The highest BCUT2D eigenvalue weighted by molar-refractivity contribution is 7.80. The molecule has 13 atom stereocenters. The quantitative estimate of drug-likeness (QED) is 0.198. The lowest BCUT2D eigenvalue weighted by atomic mass is 9.42. The van der Waals surface area contributed by atoms with Crippen molar-refractivity contribution in [2.24, 2.45) is 46.3 Å². The highest BCUT2D eigenvalue weighted by Crippen LogP contribution is 2.69. The normalized spacial score (nSPS) is 47.9. The van der Waals surface area contributed by atoms with Crippen molar-refractivity contribution in [3.8, 4) is 0 Å². The minimum absolute atomic E-state index is 0.0102. The van der Waals surface area contributed by atoms with Crippen LogP contribution in [0.5, 0.6) is 0 Å². The van der Waals surface area contributed by atoms with Crippen LogP contribution in [-0.2, 0) is 14.6 Å². The number of rotatable bonds is 7. The minimum atomic E-state index is -4.67. The van der Waals surface area contributed by atoms with E-state index in [0.717, 1.165) is 18.4 Å². The summed E-state index contributed by atoms with van der Waals surface area (Å²) < 4.78 is 35.4. The summed E-state index contributed by atoms with van der Waals surface area (Å²) in [6.45, 7) is 11.0. The first-order valence-corrected chi connectivity index (χ1v) is 15.9. The summed E-state index contributed by atoms with van der Waals surface area (Å²) >= 11 is 0.